The summed E-state index contributed by atoms with van der Waals surface area (Å²) in [6.07, 6.45) is 2.82. The fourth-order valence-corrected chi connectivity index (χ4v) is 17.4. The normalized spacial score (nSPS) is 23.9. The molecule has 0 aliphatic carbocycles. The molecule has 34 nitrogen and oxygen atoms in total. The minimum absolute atomic E-state index is 0.0326. The summed E-state index contributed by atoms with van der Waals surface area (Å²) in [5, 5.41) is 57.0. The van der Waals surface area contributed by atoms with Crippen LogP contribution in [0, 0.1) is 5.92 Å². The highest BCUT2D eigenvalue weighted by molar-refractivity contribution is 8.00. The Bertz CT molecular complexity index is 5110. The molecule has 130 heavy (non-hydrogen) atoms. The Morgan fingerprint density at radius 2 is 0.931 bits per heavy atom. The molecule has 3 saturated heterocycles. The maximum absolute atomic E-state index is 15.8. The number of piperidine rings is 1. The van der Waals surface area contributed by atoms with Crippen LogP contribution in [0.1, 0.15) is 119 Å². The Morgan fingerprint density at radius 1 is 0.469 bits per heavy atom. The molecule has 3 aliphatic rings. The molecule has 10 rings (SSSR count). The molecule has 15 N–H and O–H groups in total. The number of nitrogens with two attached hydrogens (primary N) is 1. The first-order valence-corrected chi connectivity index (χ1v) is 45.2. The van der Waals surface area contributed by atoms with E-state index in [-0.39, 0.29) is 100 Å². The molecule has 0 unspecified atom stereocenters. The van der Waals surface area contributed by atoms with E-state index in [9.17, 15) is 44.1 Å². The zero-order valence-corrected chi connectivity index (χ0v) is 75.1. The molecule has 0 spiro atoms. The Labute approximate surface area is 759 Å². The van der Waals surface area contributed by atoms with E-state index in [0.29, 0.717) is 76.4 Å². The number of benzene rings is 6. The van der Waals surface area contributed by atoms with Crippen LogP contribution in [0.3, 0.4) is 0 Å². The van der Waals surface area contributed by atoms with Crippen LogP contribution < -0.4 is 53.6 Å². The summed E-state index contributed by atoms with van der Waals surface area (Å²) in [6, 6.07) is 26.1. The van der Waals surface area contributed by atoms with Crippen molar-refractivity contribution in [3.05, 3.63) is 203 Å². The first kappa shape index (κ1) is 99.0. The number of nitrogens with one attached hydrogen (secondary N) is 10. The minimum atomic E-state index is -1.72. The number of carbonyl (C=O) groups is 15. The number of aliphatic hydroxyl groups excluding tert-OH is 1. The van der Waals surface area contributed by atoms with Crippen LogP contribution >= 0.6 is 11.8 Å². The second kappa shape index (κ2) is 47.8. The van der Waals surface area contributed by atoms with Gasteiger partial charge in [0.1, 0.15) is 90.0 Å². The molecule has 0 saturated carbocycles. The number of H-pyrrole nitrogens is 1. The third-order valence-corrected chi connectivity index (χ3v) is 24.8. The lowest BCUT2D eigenvalue weighted by Gasteiger charge is -2.38. The Morgan fingerprint density at radius 3 is 1.51 bits per heavy atom. The quantitative estimate of drug-likeness (QED) is 0.0492. The lowest BCUT2D eigenvalue weighted by Crippen LogP contribution is -2.62. The number of hydrogen-bond acceptors (Lipinski definition) is 19. The Hall–Kier alpha value is -13.2. The van der Waals surface area contributed by atoms with E-state index in [1.54, 1.807) is 141 Å². The number of hydrogen-bond donors (Lipinski definition) is 14. The summed E-state index contributed by atoms with van der Waals surface area (Å²) in [5.74, 6) is -13.9. The van der Waals surface area contributed by atoms with Crippen molar-refractivity contribution in [2.75, 3.05) is 58.9 Å². The van der Waals surface area contributed by atoms with E-state index in [4.69, 9.17) is 5.73 Å². The van der Waals surface area contributed by atoms with E-state index < -0.39 is 186 Å². The molecule has 1 aromatic heterocycles. The van der Waals surface area contributed by atoms with E-state index in [1.807, 2.05) is 13.0 Å². The lowest BCUT2D eigenvalue weighted by atomic mass is 9.96. The summed E-state index contributed by atoms with van der Waals surface area (Å²) in [6.45, 7) is 5.09. The highest BCUT2D eigenvalue weighted by Gasteiger charge is 2.46. The number of aromatic nitrogens is 1. The zero-order chi connectivity index (χ0) is 93.8. The van der Waals surface area contributed by atoms with E-state index in [0.717, 1.165) is 16.7 Å². The maximum Gasteiger partial charge on any atom is 0.246 e. The standard InChI is InChI=1S/C95H120N16O18S/c1-8-9-32-78-95(129)111-44-23-34-77(111)89(123)105-74(54-112)87(121)99-58(4)91(125)108(6)79(49-60-26-15-11-16-27-60)90(124)104-73(48-63-37-41-66(114)42-38-63)93(127)110-43-22-21-33-76(110)88(122)103-71(51-64-52-97-68-31-20-19-30-67(64)68)86(120)102-70(46-62-35-39-65(113)40-36-62)85(119)101-69(45-57(2)3)84(118)106-75(83(117)98-53-81(96)115)55-130-56-82(116)100-72(47-59-24-13-10-14-25-59)92(126)109(7)80(94(128)107(78)5)50-61-28-17-12-18-29-61/h10-20,24-31,35-42,52,57-58,69-80,97,112-114H,8-9,21-23,32-34,43-51,53-56H2,1-7H3,(H2,96,115)(H,98,117)(H,99,121)(H,100,116)(H,101,119)(H,102,120)(H,103,122)(H,104,124)(H,105,123)(H,106,118)/t58-,69-,70-,71-,72-,73-,74-,75-,76+,77+,78-,79-,80-/m0/s1. The van der Waals surface area contributed by atoms with Gasteiger partial charge in [0.05, 0.1) is 18.9 Å². The average Bonchev–Trinajstić information content (AvgIpc) is 1.84. The lowest BCUT2D eigenvalue weighted by molar-refractivity contribution is -0.152. The number of unbranched alkanes of at least 4 members (excludes halogenated alkanes) is 1. The van der Waals surface area contributed by atoms with Crippen molar-refractivity contribution in [2.45, 2.75) is 203 Å². The predicted molar refractivity (Wildman–Crippen MR) is 487 cm³/mol. The van der Waals surface area contributed by atoms with Gasteiger partial charge in [-0.15, -0.1) is 11.8 Å². The molecular formula is C95H120N16O18S. The molecule has 4 heterocycles. The molecule has 3 aliphatic heterocycles. The van der Waals surface area contributed by atoms with Crippen molar-refractivity contribution in [1.82, 2.24) is 77.3 Å². The topological polar surface area (TPSA) is 483 Å². The van der Waals surface area contributed by atoms with Crippen molar-refractivity contribution in [3.8, 4) is 11.5 Å². The third kappa shape index (κ3) is 27.4. The second-order valence-corrected chi connectivity index (χ2v) is 34.9. The number of aliphatic hydroxyl groups is 1. The van der Waals surface area contributed by atoms with E-state index >= 15 is 43.2 Å². The second-order valence-electron chi connectivity index (χ2n) is 33.9. The van der Waals surface area contributed by atoms with Crippen molar-refractivity contribution in [1.29, 1.82) is 0 Å². The fourth-order valence-electron chi connectivity index (χ4n) is 16.6. The Balaban J connectivity index is 1.03. The zero-order valence-electron chi connectivity index (χ0n) is 74.3. The predicted octanol–water partition coefficient (Wildman–Crippen LogP) is 2.66. The number of aromatic amines is 1. The number of phenols is 2. The number of phenolic OH excluding ortho intramolecular Hbond substituents is 2. The van der Waals surface area contributed by atoms with Gasteiger partial charge in [0.2, 0.25) is 88.6 Å². The van der Waals surface area contributed by atoms with Gasteiger partial charge in [-0.25, -0.2) is 0 Å². The molecule has 13 atom stereocenters. The van der Waals surface area contributed by atoms with Gasteiger partial charge in [0, 0.05) is 95.6 Å². The first-order chi connectivity index (χ1) is 62.3. The number of para-hydroxylation sites is 1. The molecule has 0 bridgehead atoms. The van der Waals surface area contributed by atoms with Crippen LogP contribution in [0.5, 0.6) is 11.5 Å². The average molecular weight is 1810 g/mol. The number of thioether (sulfide) groups is 1. The summed E-state index contributed by atoms with van der Waals surface area (Å²) in [4.78, 5) is 234. The number of nitrogens with zero attached hydrogens (tertiary/aromatic N) is 5. The Kier molecular flexibility index (Phi) is 36.4. The molecule has 3 fully saturated rings. The van der Waals surface area contributed by atoms with Crippen molar-refractivity contribution in [2.24, 2.45) is 11.7 Å². The molecule has 694 valence electrons. The minimum Gasteiger partial charge on any atom is -0.508 e. The van der Waals surface area contributed by atoms with Gasteiger partial charge >= 0.3 is 0 Å². The first-order valence-electron chi connectivity index (χ1n) is 44.1. The van der Waals surface area contributed by atoms with Gasteiger partial charge in [0.15, 0.2) is 0 Å². The van der Waals surface area contributed by atoms with Gasteiger partial charge in [-0.1, -0.05) is 167 Å². The van der Waals surface area contributed by atoms with Gasteiger partial charge in [-0.3, -0.25) is 71.9 Å². The largest absolute Gasteiger partial charge is 0.508 e. The number of likely N-dealkylation sites (N-methyl/N-ethyl adjacent to an activating group) is 3. The number of carbonyl (C=O) groups excluding carboxylic acids is 15. The molecule has 0 radical (unpaired) electrons. The number of rotatable bonds is 21. The van der Waals surface area contributed by atoms with Crippen LogP contribution in [0.15, 0.2) is 170 Å². The molecule has 35 heteroatoms. The van der Waals surface area contributed by atoms with Crippen molar-refractivity contribution >= 4 is 111 Å². The molecular weight excluding hydrogens is 1690 g/mol. The van der Waals surface area contributed by atoms with Gasteiger partial charge in [-0.05, 0) is 121 Å². The summed E-state index contributed by atoms with van der Waals surface area (Å²) < 4.78 is 0. The smallest absolute Gasteiger partial charge is 0.246 e. The third-order valence-electron chi connectivity index (χ3n) is 23.7. The summed E-state index contributed by atoms with van der Waals surface area (Å²) >= 11 is 0.852. The van der Waals surface area contributed by atoms with Crippen LogP contribution in [-0.2, 0) is 110 Å². The number of amides is 15. The van der Waals surface area contributed by atoms with Crippen LogP contribution in [0.2, 0.25) is 0 Å². The SMILES string of the molecule is CCCC[C@H]1C(=O)N2CCC[C@@H]2C(=O)N[C@@H](CO)C(=O)N[C@@H](C)C(=O)N(C)[C@@H](Cc2ccccc2)C(=O)N[C@@H](Cc2ccc(O)cc2)C(=O)N2CCCC[C@@H]2C(=O)N[C@@H](Cc2c[nH]c3ccccc23)C(=O)N[C@@H](Cc2ccc(O)cc2)C(=O)N[C@@H](CC(C)C)C(=O)N[C@H](C(=O)NCC(N)=O)CSCC(=O)N[C@@H](Cc2ccccc2)C(=O)N(C)[C@@H](Cc2ccccc2)C(=O)N1C. The maximum atomic E-state index is 15.8. The molecule has 7 aromatic rings. The van der Waals surface area contributed by atoms with E-state index in [1.165, 1.54) is 84.1 Å². The number of fused-ring (bicyclic) bond motifs is 3. The number of aromatic hydroxyl groups is 2. The number of primary amides is 1. The van der Waals surface area contributed by atoms with Gasteiger partial charge in [-0.2, -0.15) is 0 Å². The van der Waals surface area contributed by atoms with Crippen molar-refractivity contribution < 1.29 is 87.2 Å². The van der Waals surface area contributed by atoms with Gasteiger partial charge < -0.3 is 98.4 Å². The highest BCUT2D eigenvalue weighted by atomic mass is 32.2. The monoisotopic (exact) mass is 1800 g/mol. The van der Waals surface area contributed by atoms with E-state index in [2.05, 4.69) is 52.8 Å². The fraction of sp³-hybridized carbons (Fsp3) is 0.442. The van der Waals surface area contributed by atoms with Crippen LogP contribution in [0.4, 0.5) is 0 Å². The van der Waals surface area contributed by atoms with Gasteiger partial charge in [0.25, 0.3) is 0 Å². The molecule has 15 amide bonds. The summed E-state index contributed by atoms with van der Waals surface area (Å²) in [7, 11) is 4.17. The highest BCUT2D eigenvalue weighted by Crippen LogP contribution is 2.28. The van der Waals surface area contributed by atoms with Crippen LogP contribution in [0.25, 0.3) is 10.9 Å². The summed E-state index contributed by atoms with van der Waals surface area (Å²) in [5.41, 5.74) is 9.37. The van der Waals surface area contributed by atoms with Crippen LogP contribution in [-0.4, -0.2) is 271 Å². The van der Waals surface area contributed by atoms with Crippen molar-refractivity contribution in [3.63, 3.8) is 0 Å². The molecule has 6 aromatic carbocycles.